The van der Waals surface area contributed by atoms with Gasteiger partial charge in [0.05, 0.1) is 24.3 Å². The minimum Gasteiger partial charge on any atom is -0.478 e. The first-order valence-corrected chi connectivity index (χ1v) is 8.77. The fourth-order valence-electron chi connectivity index (χ4n) is 2.67. The molecule has 0 radical (unpaired) electrons. The zero-order valence-corrected chi connectivity index (χ0v) is 15.6. The summed E-state index contributed by atoms with van der Waals surface area (Å²) in [6.07, 6.45) is 0.862. The largest absolute Gasteiger partial charge is 0.478 e. The van der Waals surface area contributed by atoms with Crippen LogP contribution in [-0.4, -0.2) is 37.6 Å². The average Bonchev–Trinajstić information content (AvgIpc) is 3.10. The molecule has 0 saturated heterocycles. The second-order valence-corrected chi connectivity index (χ2v) is 7.48. The average molecular weight is 386 g/mol. The molecule has 0 aliphatic heterocycles. The van der Waals surface area contributed by atoms with Crippen molar-refractivity contribution in [2.75, 3.05) is 6.61 Å². The lowest BCUT2D eigenvalue weighted by atomic mass is 9.83. The first-order chi connectivity index (χ1) is 12.6. The van der Waals surface area contributed by atoms with Crippen molar-refractivity contribution in [3.63, 3.8) is 0 Å². The van der Waals surface area contributed by atoms with Crippen LogP contribution in [0.4, 0.5) is 13.2 Å². The summed E-state index contributed by atoms with van der Waals surface area (Å²) < 4.78 is 44.6. The molecule has 1 N–H and O–H groups in total. The second-order valence-electron chi connectivity index (χ2n) is 7.48. The fourth-order valence-corrected chi connectivity index (χ4v) is 2.67. The van der Waals surface area contributed by atoms with Crippen molar-refractivity contribution in [3.05, 3.63) is 36.5 Å². The first kappa shape index (κ1) is 21.1. The van der Waals surface area contributed by atoms with Gasteiger partial charge in [-0.1, -0.05) is 20.8 Å². The lowest BCUT2D eigenvalue weighted by molar-refractivity contribution is -0.137. The zero-order valence-electron chi connectivity index (χ0n) is 15.6. The highest BCUT2D eigenvalue weighted by atomic mass is 19.4. The van der Waals surface area contributed by atoms with Gasteiger partial charge >= 0.3 is 6.18 Å². The topological polar surface area (TPSA) is 73.1 Å². The van der Waals surface area contributed by atoms with E-state index in [1.165, 1.54) is 12.4 Å². The number of halogens is 3. The molecule has 27 heavy (non-hydrogen) atoms. The van der Waals surface area contributed by atoms with E-state index in [1.807, 2.05) is 20.8 Å². The van der Waals surface area contributed by atoms with Crippen molar-refractivity contribution >= 4 is 0 Å². The standard InChI is InChI=1S/C18H25F3N4O2/c1-17(2,3)16(26)14(25-12-22-11-24-25)6-4-5-9-27-15-8-7-13(10-23-15)18(19,20)21/h7-8,10-12,14,16,26H,4-6,9H2,1-3H3. The summed E-state index contributed by atoms with van der Waals surface area (Å²) in [4.78, 5) is 7.62. The summed E-state index contributed by atoms with van der Waals surface area (Å²) in [7, 11) is 0. The Morgan fingerprint density at radius 3 is 2.44 bits per heavy atom. The zero-order chi connectivity index (χ0) is 20.1. The number of pyridine rings is 1. The molecule has 2 heterocycles. The number of ether oxygens (including phenoxy) is 1. The molecule has 0 spiro atoms. The van der Waals surface area contributed by atoms with Crippen LogP contribution in [0, 0.1) is 5.41 Å². The van der Waals surface area contributed by atoms with Crippen molar-refractivity contribution in [1.29, 1.82) is 0 Å². The molecular formula is C18H25F3N4O2. The number of aliphatic hydroxyl groups is 1. The van der Waals surface area contributed by atoms with Gasteiger partial charge in [-0.15, -0.1) is 0 Å². The Hall–Kier alpha value is -2.16. The van der Waals surface area contributed by atoms with E-state index in [2.05, 4.69) is 15.1 Å². The lowest BCUT2D eigenvalue weighted by Crippen LogP contribution is -2.35. The molecule has 0 amide bonds. The van der Waals surface area contributed by atoms with Gasteiger partial charge in [0.25, 0.3) is 0 Å². The van der Waals surface area contributed by atoms with Crippen molar-refractivity contribution in [3.8, 4) is 5.88 Å². The minimum absolute atomic E-state index is 0.158. The van der Waals surface area contributed by atoms with E-state index >= 15 is 0 Å². The van der Waals surface area contributed by atoms with Gasteiger partial charge < -0.3 is 9.84 Å². The smallest absolute Gasteiger partial charge is 0.417 e. The normalized spacial score (nSPS) is 14.8. The van der Waals surface area contributed by atoms with Gasteiger partial charge in [0.15, 0.2) is 0 Å². The maximum absolute atomic E-state index is 12.5. The van der Waals surface area contributed by atoms with Crippen LogP contribution in [-0.2, 0) is 6.18 Å². The SMILES string of the molecule is CC(C)(C)C(O)C(CCCCOc1ccc(C(F)(F)F)cn1)n1cncn1. The van der Waals surface area contributed by atoms with E-state index in [0.29, 0.717) is 19.4 Å². The second kappa shape index (κ2) is 8.69. The molecule has 2 rings (SSSR count). The van der Waals surface area contributed by atoms with Crippen LogP contribution >= 0.6 is 0 Å². The van der Waals surface area contributed by atoms with Gasteiger partial charge in [-0.2, -0.15) is 18.3 Å². The number of nitrogens with zero attached hydrogens (tertiary/aromatic N) is 4. The minimum atomic E-state index is -4.41. The molecule has 2 aromatic rings. The number of hydrogen-bond acceptors (Lipinski definition) is 5. The first-order valence-electron chi connectivity index (χ1n) is 8.77. The van der Waals surface area contributed by atoms with Gasteiger partial charge in [-0.25, -0.2) is 14.6 Å². The van der Waals surface area contributed by atoms with E-state index in [0.717, 1.165) is 18.7 Å². The van der Waals surface area contributed by atoms with Crippen LogP contribution in [0.1, 0.15) is 51.6 Å². The lowest BCUT2D eigenvalue weighted by Gasteiger charge is -2.33. The molecule has 150 valence electrons. The summed E-state index contributed by atoms with van der Waals surface area (Å²) in [5.74, 6) is 0.158. The fraction of sp³-hybridized carbons (Fsp3) is 0.611. The van der Waals surface area contributed by atoms with Crippen LogP contribution in [0.2, 0.25) is 0 Å². The van der Waals surface area contributed by atoms with E-state index in [9.17, 15) is 18.3 Å². The summed E-state index contributed by atoms with van der Waals surface area (Å²) in [5, 5.41) is 14.8. The Labute approximate surface area is 156 Å². The van der Waals surface area contributed by atoms with Gasteiger partial charge in [0.1, 0.15) is 12.7 Å². The van der Waals surface area contributed by atoms with E-state index in [4.69, 9.17) is 4.74 Å². The van der Waals surface area contributed by atoms with Crippen molar-refractivity contribution in [2.24, 2.45) is 5.41 Å². The Balaban J connectivity index is 1.82. The van der Waals surface area contributed by atoms with Gasteiger partial charge in [-0.3, -0.25) is 0 Å². The van der Waals surface area contributed by atoms with Crippen molar-refractivity contribution < 1.29 is 23.0 Å². The Morgan fingerprint density at radius 2 is 1.93 bits per heavy atom. The van der Waals surface area contributed by atoms with Gasteiger partial charge in [0, 0.05) is 12.3 Å². The summed E-state index contributed by atoms with van der Waals surface area (Å²) in [6, 6.07) is 1.95. The Kier molecular flexibility index (Phi) is 6.80. The quantitative estimate of drug-likeness (QED) is 0.697. The molecular weight excluding hydrogens is 361 g/mol. The van der Waals surface area contributed by atoms with Gasteiger partial charge in [0.2, 0.25) is 5.88 Å². The van der Waals surface area contributed by atoms with Crippen LogP contribution in [0.3, 0.4) is 0 Å². The summed E-state index contributed by atoms with van der Waals surface area (Å²) >= 11 is 0. The van der Waals surface area contributed by atoms with E-state index in [-0.39, 0.29) is 17.3 Å². The van der Waals surface area contributed by atoms with Gasteiger partial charge in [-0.05, 0) is 30.7 Å². The Bertz CT molecular complexity index is 682. The van der Waals surface area contributed by atoms with Crippen molar-refractivity contribution in [2.45, 2.75) is 58.4 Å². The molecule has 2 unspecified atom stereocenters. The highest BCUT2D eigenvalue weighted by molar-refractivity contribution is 5.20. The number of alkyl halides is 3. The van der Waals surface area contributed by atoms with Crippen LogP contribution < -0.4 is 4.74 Å². The summed E-state index contributed by atoms with van der Waals surface area (Å²) in [5.41, 5.74) is -1.11. The number of hydrogen-bond donors (Lipinski definition) is 1. The maximum atomic E-state index is 12.5. The molecule has 0 saturated carbocycles. The molecule has 2 atom stereocenters. The molecule has 2 aromatic heterocycles. The van der Waals surface area contributed by atoms with Crippen LogP contribution in [0.25, 0.3) is 0 Å². The molecule has 0 fully saturated rings. The highest BCUT2D eigenvalue weighted by Crippen LogP contribution is 2.31. The monoisotopic (exact) mass is 386 g/mol. The maximum Gasteiger partial charge on any atom is 0.417 e. The molecule has 0 aromatic carbocycles. The van der Waals surface area contributed by atoms with E-state index in [1.54, 1.807) is 11.0 Å². The Morgan fingerprint density at radius 1 is 1.19 bits per heavy atom. The molecule has 0 bridgehead atoms. The third-order valence-electron chi connectivity index (χ3n) is 4.24. The van der Waals surface area contributed by atoms with Crippen LogP contribution in [0.15, 0.2) is 31.0 Å². The third kappa shape index (κ3) is 6.20. The summed E-state index contributed by atoms with van der Waals surface area (Å²) in [6.45, 7) is 6.21. The molecule has 9 heteroatoms. The number of aliphatic hydroxyl groups excluding tert-OH is 1. The van der Waals surface area contributed by atoms with Crippen molar-refractivity contribution in [1.82, 2.24) is 19.7 Å². The predicted molar refractivity (Wildman–Crippen MR) is 93.1 cm³/mol. The molecule has 0 aliphatic rings. The third-order valence-corrected chi connectivity index (χ3v) is 4.24. The predicted octanol–water partition coefficient (Wildman–Crippen LogP) is 3.89. The number of unbranched alkanes of at least 4 members (excludes halogenated alkanes) is 1. The molecule has 6 nitrogen and oxygen atoms in total. The highest BCUT2D eigenvalue weighted by Gasteiger charge is 2.32. The van der Waals surface area contributed by atoms with Crippen LogP contribution in [0.5, 0.6) is 5.88 Å². The van der Waals surface area contributed by atoms with E-state index < -0.39 is 17.8 Å². The number of aromatic nitrogens is 4. The molecule has 0 aliphatic carbocycles. The number of rotatable bonds is 8.